The maximum Gasteiger partial charge on any atom is 0.267 e. The van der Waals surface area contributed by atoms with Crippen molar-refractivity contribution in [1.29, 1.82) is 0 Å². The molecule has 0 aliphatic carbocycles. The fraction of sp³-hybridized carbons (Fsp3) is 0.375. The summed E-state index contributed by atoms with van der Waals surface area (Å²) in [6.07, 6.45) is -1.84. The molecule has 0 saturated carbocycles. The van der Waals surface area contributed by atoms with Crippen LogP contribution in [0.4, 0.5) is 13.2 Å². The van der Waals surface area contributed by atoms with E-state index in [9.17, 15) is 13.2 Å². The summed E-state index contributed by atoms with van der Waals surface area (Å²) in [7, 11) is 1.16. The van der Waals surface area contributed by atoms with Crippen LogP contribution in [0, 0.1) is 5.82 Å². The Bertz CT molecular complexity index is 331. The molecule has 0 saturated heterocycles. The molecule has 78 valence electrons. The third-order valence-corrected chi connectivity index (χ3v) is 1.74. The molecule has 0 aliphatic heterocycles. The van der Waals surface area contributed by atoms with Crippen molar-refractivity contribution in [1.82, 2.24) is 4.98 Å². The van der Waals surface area contributed by atoms with E-state index in [-0.39, 0.29) is 12.1 Å². The molecule has 6 heteroatoms. The Morgan fingerprint density at radius 1 is 1.57 bits per heavy atom. The minimum Gasteiger partial charge on any atom is -0.479 e. The van der Waals surface area contributed by atoms with Gasteiger partial charge in [0.05, 0.1) is 12.7 Å². The lowest BCUT2D eigenvalue weighted by Gasteiger charge is -2.09. The van der Waals surface area contributed by atoms with Crippen LogP contribution in [0.1, 0.15) is 17.6 Å². The number of aromatic nitrogens is 1. The number of alkyl halides is 2. The fourth-order valence-electron chi connectivity index (χ4n) is 1.06. The predicted octanol–water partition coefficient (Wildman–Crippen LogP) is 1.63. The molecule has 0 amide bonds. The van der Waals surface area contributed by atoms with Crippen LogP contribution in [0.25, 0.3) is 0 Å². The van der Waals surface area contributed by atoms with Gasteiger partial charge in [-0.05, 0) is 5.56 Å². The van der Waals surface area contributed by atoms with Gasteiger partial charge in [0, 0.05) is 12.7 Å². The summed E-state index contributed by atoms with van der Waals surface area (Å²) in [5.74, 6) is -1.59. The van der Waals surface area contributed by atoms with E-state index in [0.717, 1.165) is 13.3 Å². The molecule has 0 unspecified atom stereocenters. The second kappa shape index (κ2) is 4.28. The largest absolute Gasteiger partial charge is 0.479 e. The number of hydrogen-bond donors (Lipinski definition) is 1. The zero-order valence-electron chi connectivity index (χ0n) is 7.43. The summed E-state index contributed by atoms with van der Waals surface area (Å²) in [4.78, 5) is 3.50. The number of halogens is 3. The first-order valence-corrected chi connectivity index (χ1v) is 3.81. The highest BCUT2D eigenvalue weighted by Crippen LogP contribution is 2.29. The second-order valence-electron chi connectivity index (χ2n) is 2.53. The number of methoxy groups -OCH3 is 1. The number of pyridine rings is 1. The molecule has 0 atom stereocenters. The topological polar surface area (TPSA) is 48.1 Å². The van der Waals surface area contributed by atoms with E-state index in [1.807, 2.05) is 0 Å². The van der Waals surface area contributed by atoms with Gasteiger partial charge in [-0.15, -0.1) is 0 Å². The highest BCUT2D eigenvalue weighted by molar-refractivity contribution is 5.32. The molecule has 2 N–H and O–H groups in total. The van der Waals surface area contributed by atoms with Crippen molar-refractivity contribution >= 4 is 0 Å². The van der Waals surface area contributed by atoms with Crippen molar-refractivity contribution < 1.29 is 17.9 Å². The maximum atomic E-state index is 13.2. The zero-order chi connectivity index (χ0) is 10.7. The van der Waals surface area contributed by atoms with Gasteiger partial charge in [-0.25, -0.2) is 18.2 Å². The van der Waals surface area contributed by atoms with Gasteiger partial charge >= 0.3 is 0 Å². The van der Waals surface area contributed by atoms with Crippen LogP contribution in [0.5, 0.6) is 5.88 Å². The molecule has 0 spiro atoms. The molecule has 0 aliphatic rings. The fourth-order valence-corrected chi connectivity index (χ4v) is 1.06. The number of hydrogen-bond acceptors (Lipinski definition) is 3. The lowest BCUT2D eigenvalue weighted by molar-refractivity contribution is 0.143. The van der Waals surface area contributed by atoms with Crippen molar-refractivity contribution in [3.8, 4) is 5.88 Å². The number of nitrogens with zero attached hydrogens (tertiary/aromatic N) is 1. The van der Waals surface area contributed by atoms with Crippen LogP contribution in [-0.2, 0) is 6.54 Å². The van der Waals surface area contributed by atoms with Crippen molar-refractivity contribution in [2.24, 2.45) is 5.73 Å². The van der Waals surface area contributed by atoms with Gasteiger partial charge < -0.3 is 10.5 Å². The van der Waals surface area contributed by atoms with Crippen LogP contribution in [0.3, 0.4) is 0 Å². The van der Waals surface area contributed by atoms with Gasteiger partial charge in [-0.3, -0.25) is 0 Å². The van der Waals surface area contributed by atoms with E-state index in [2.05, 4.69) is 9.72 Å². The van der Waals surface area contributed by atoms with Gasteiger partial charge in [-0.2, -0.15) is 0 Å². The monoisotopic (exact) mass is 206 g/mol. The molecular formula is C8H9F3N2O. The van der Waals surface area contributed by atoms with Gasteiger partial charge in [0.25, 0.3) is 12.3 Å². The molecule has 0 fully saturated rings. The first-order valence-electron chi connectivity index (χ1n) is 3.81. The van der Waals surface area contributed by atoms with E-state index in [4.69, 9.17) is 5.73 Å². The van der Waals surface area contributed by atoms with Gasteiger partial charge in [0.15, 0.2) is 5.82 Å². The summed E-state index contributed by atoms with van der Waals surface area (Å²) in [6, 6.07) is 0. The lowest BCUT2D eigenvalue weighted by atomic mass is 10.1. The van der Waals surface area contributed by atoms with E-state index < -0.39 is 23.7 Å². The molecule has 0 aromatic carbocycles. The average molecular weight is 206 g/mol. The van der Waals surface area contributed by atoms with Crippen LogP contribution in [-0.4, -0.2) is 12.1 Å². The Balaban J connectivity index is 3.31. The first-order chi connectivity index (χ1) is 6.61. The van der Waals surface area contributed by atoms with E-state index >= 15 is 0 Å². The summed E-state index contributed by atoms with van der Waals surface area (Å²) in [5, 5.41) is 0. The summed E-state index contributed by atoms with van der Waals surface area (Å²) < 4.78 is 42.5. The molecule has 3 nitrogen and oxygen atoms in total. The van der Waals surface area contributed by atoms with Crippen molar-refractivity contribution in [2.75, 3.05) is 7.11 Å². The number of ether oxygens (including phenoxy) is 1. The molecule has 1 rings (SSSR count). The third kappa shape index (κ3) is 1.79. The molecule has 0 bridgehead atoms. The Kier molecular flexibility index (Phi) is 3.29. The summed E-state index contributed by atoms with van der Waals surface area (Å²) in [5.41, 5.74) is 4.42. The predicted molar refractivity (Wildman–Crippen MR) is 43.6 cm³/mol. The molecule has 1 aromatic rings. The van der Waals surface area contributed by atoms with Gasteiger partial charge in [0.2, 0.25) is 0 Å². The second-order valence-corrected chi connectivity index (χ2v) is 2.53. The maximum absolute atomic E-state index is 13.2. The molecular weight excluding hydrogens is 197 g/mol. The Morgan fingerprint density at radius 3 is 2.64 bits per heavy atom. The zero-order valence-corrected chi connectivity index (χ0v) is 7.43. The van der Waals surface area contributed by atoms with Crippen molar-refractivity contribution in [2.45, 2.75) is 13.0 Å². The van der Waals surface area contributed by atoms with Gasteiger partial charge in [-0.1, -0.05) is 0 Å². The minimum atomic E-state index is -2.93. The van der Waals surface area contributed by atoms with Crippen molar-refractivity contribution in [3.05, 3.63) is 23.1 Å². The van der Waals surface area contributed by atoms with Crippen LogP contribution in [0.15, 0.2) is 6.20 Å². The normalized spacial score (nSPS) is 10.7. The molecule has 1 aromatic heterocycles. The SMILES string of the molecule is COc1ncc(CN)c(C(F)F)c1F. The number of rotatable bonds is 3. The lowest BCUT2D eigenvalue weighted by Crippen LogP contribution is -2.07. The standard InChI is InChI=1S/C8H9F3N2O/c1-14-8-6(9)5(7(10)11)4(2-12)3-13-8/h3,7H,2,12H2,1H3. The van der Waals surface area contributed by atoms with Gasteiger partial charge in [0.1, 0.15) is 0 Å². The smallest absolute Gasteiger partial charge is 0.267 e. The van der Waals surface area contributed by atoms with E-state index in [1.54, 1.807) is 0 Å². The van der Waals surface area contributed by atoms with Crippen molar-refractivity contribution in [3.63, 3.8) is 0 Å². The molecule has 0 radical (unpaired) electrons. The number of nitrogens with two attached hydrogens (primary N) is 1. The quantitative estimate of drug-likeness (QED) is 0.817. The molecule has 1 heterocycles. The van der Waals surface area contributed by atoms with Crippen LogP contribution >= 0.6 is 0 Å². The average Bonchev–Trinajstić information content (AvgIpc) is 2.16. The van der Waals surface area contributed by atoms with E-state index in [1.165, 1.54) is 0 Å². The summed E-state index contributed by atoms with van der Waals surface area (Å²) in [6.45, 7) is -0.187. The van der Waals surface area contributed by atoms with Crippen LogP contribution < -0.4 is 10.5 Å². The summed E-state index contributed by atoms with van der Waals surface area (Å²) >= 11 is 0. The van der Waals surface area contributed by atoms with Crippen LogP contribution in [0.2, 0.25) is 0 Å². The Labute approximate surface area is 78.7 Å². The minimum absolute atomic E-state index is 0.0155. The van der Waals surface area contributed by atoms with E-state index in [0.29, 0.717) is 0 Å². The Morgan fingerprint density at radius 2 is 2.21 bits per heavy atom. The third-order valence-electron chi connectivity index (χ3n) is 1.74. The highest BCUT2D eigenvalue weighted by atomic mass is 19.3. The Hall–Kier alpha value is -1.30. The highest BCUT2D eigenvalue weighted by Gasteiger charge is 2.22. The first kappa shape index (κ1) is 10.8. The molecule has 14 heavy (non-hydrogen) atoms.